The summed E-state index contributed by atoms with van der Waals surface area (Å²) in [4.78, 5) is 20.1. The Morgan fingerprint density at radius 3 is 2.76 bits per heavy atom. The molecular weight excluding hydrogens is 342 g/mol. The predicted octanol–water partition coefficient (Wildman–Crippen LogP) is 4.37. The van der Waals surface area contributed by atoms with Gasteiger partial charge in [0.1, 0.15) is 16.5 Å². The molecular formula is C13H6Cl3FN2O2. The quantitative estimate of drug-likeness (QED) is 0.358. The number of benzene rings is 1. The largest absolute Gasteiger partial charge is 0.368 e. The van der Waals surface area contributed by atoms with Crippen molar-refractivity contribution in [3.8, 4) is 0 Å². The van der Waals surface area contributed by atoms with E-state index in [0.717, 1.165) is 0 Å². The zero-order valence-electron chi connectivity index (χ0n) is 10.2. The van der Waals surface area contributed by atoms with Crippen LogP contribution < -0.4 is 0 Å². The number of oxime groups is 1. The van der Waals surface area contributed by atoms with Crippen molar-refractivity contribution in [3.63, 3.8) is 0 Å². The first kappa shape index (κ1) is 15.7. The zero-order valence-corrected chi connectivity index (χ0v) is 12.5. The van der Waals surface area contributed by atoms with Crippen LogP contribution in [0.15, 0.2) is 35.6 Å². The molecule has 1 aromatic carbocycles. The van der Waals surface area contributed by atoms with Gasteiger partial charge >= 0.3 is 5.97 Å². The molecule has 1 heterocycles. The molecule has 108 valence electrons. The molecule has 0 amide bonds. The highest BCUT2D eigenvalue weighted by atomic mass is 35.5. The Morgan fingerprint density at radius 2 is 2.05 bits per heavy atom. The Bertz CT molecular complexity index is 723. The van der Waals surface area contributed by atoms with Crippen molar-refractivity contribution >= 4 is 47.0 Å². The lowest BCUT2D eigenvalue weighted by Gasteiger charge is -2.00. The van der Waals surface area contributed by atoms with Crippen molar-refractivity contribution in [2.75, 3.05) is 0 Å². The van der Waals surface area contributed by atoms with Gasteiger partial charge in [0, 0.05) is 6.20 Å². The van der Waals surface area contributed by atoms with E-state index < -0.39 is 11.8 Å². The Balaban J connectivity index is 2.08. The summed E-state index contributed by atoms with van der Waals surface area (Å²) in [5.41, 5.74) is 0.447. The average Bonchev–Trinajstić information content (AvgIpc) is 2.45. The fraction of sp³-hybridized carbons (Fsp3) is 0. The van der Waals surface area contributed by atoms with Gasteiger partial charge in [-0.05, 0) is 23.8 Å². The lowest BCUT2D eigenvalue weighted by atomic mass is 10.2. The van der Waals surface area contributed by atoms with Gasteiger partial charge in [-0.15, -0.1) is 0 Å². The highest BCUT2D eigenvalue weighted by molar-refractivity contribution is 6.34. The molecule has 0 saturated heterocycles. The highest BCUT2D eigenvalue weighted by Gasteiger charge is 2.13. The van der Waals surface area contributed by atoms with Crippen LogP contribution in [0, 0.1) is 5.82 Å². The fourth-order valence-electron chi connectivity index (χ4n) is 1.34. The number of pyridine rings is 1. The Labute approximate surface area is 134 Å². The first-order valence-corrected chi connectivity index (χ1v) is 6.61. The molecule has 0 spiro atoms. The van der Waals surface area contributed by atoms with E-state index in [1.54, 1.807) is 0 Å². The first-order valence-electron chi connectivity index (χ1n) is 5.48. The van der Waals surface area contributed by atoms with Gasteiger partial charge in [-0.2, -0.15) is 0 Å². The molecule has 0 saturated carbocycles. The minimum absolute atomic E-state index is 0.0153. The van der Waals surface area contributed by atoms with E-state index in [2.05, 4.69) is 15.0 Å². The second-order valence-electron chi connectivity index (χ2n) is 3.78. The van der Waals surface area contributed by atoms with E-state index in [-0.39, 0.29) is 20.8 Å². The summed E-state index contributed by atoms with van der Waals surface area (Å²) >= 11 is 17.1. The minimum Gasteiger partial charge on any atom is -0.313 e. The molecule has 8 heteroatoms. The van der Waals surface area contributed by atoms with Gasteiger partial charge < -0.3 is 4.84 Å². The molecule has 0 atom stereocenters. The van der Waals surface area contributed by atoms with Gasteiger partial charge in [0.2, 0.25) is 0 Å². The van der Waals surface area contributed by atoms with Crippen LogP contribution in [0.25, 0.3) is 0 Å². The number of hydrogen-bond acceptors (Lipinski definition) is 4. The van der Waals surface area contributed by atoms with Gasteiger partial charge in [-0.1, -0.05) is 46.0 Å². The molecule has 0 bridgehead atoms. The molecule has 0 aliphatic rings. The predicted molar refractivity (Wildman–Crippen MR) is 78.7 cm³/mol. The monoisotopic (exact) mass is 346 g/mol. The molecule has 1 aromatic heterocycles. The van der Waals surface area contributed by atoms with Crippen molar-refractivity contribution < 1.29 is 14.0 Å². The summed E-state index contributed by atoms with van der Waals surface area (Å²) in [6.45, 7) is 0. The molecule has 0 aliphatic heterocycles. The van der Waals surface area contributed by atoms with Gasteiger partial charge in [0.15, 0.2) is 0 Å². The lowest BCUT2D eigenvalue weighted by Crippen LogP contribution is -2.03. The molecule has 4 nitrogen and oxygen atoms in total. The zero-order chi connectivity index (χ0) is 15.4. The summed E-state index contributed by atoms with van der Waals surface area (Å²) in [6, 6.07) is 5.24. The van der Waals surface area contributed by atoms with Gasteiger partial charge in [0.25, 0.3) is 0 Å². The maximum Gasteiger partial charge on any atom is 0.368 e. The van der Waals surface area contributed by atoms with Gasteiger partial charge in [0.05, 0.1) is 16.3 Å². The third-order valence-corrected chi connectivity index (χ3v) is 3.10. The highest BCUT2D eigenvalue weighted by Crippen LogP contribution is 2.18. The van der Waals surface area contributed by atoms with E-state index in [1.807, 2.05) is 0 Å². The standard InChI is InChI=1S/C13H6Cl3FN2O2/c14-8-4-9(12(16)18-6-8)13(20)21-19-5-7-1-2-11(17)10(15)3-7/h1-6H/b19-5+. The van der Waals surface area contributed by atoms with E-state index >= 15 is 0 Å². The van der Waals surface area contributed by atoms with Crippen LogP contribution in [0.1, 0.15) is 15.9 Å². The van der Waals surface area contributed by atoms with Crippen LogP contribution in [-0.2, 0) is 4.84 Å². The number of carbonyl (C=O) groups excluding carboxylic acids is 1. The molecule has 0 N–H and O–H groups in total. The summed E-state index contributed by atoms with van der Waals surface area (Å²) < 4.78 is 13.0. The van der Waals surface area contributed by atoms with E-state index in [0.29, 0.717) is 5.56 Å². The van der Waals surface area contributed by atoms with Crippen LogP contribution in [-0.4, -0.2) is 17.2 Å². The second-order valence-corrected chi connectivity index (χ2v) is 4.98. The maximum atomic E-state index is 13.0. The van der Waals surface area contributed by atoms with Crippen LogP contribution >= 0.6 is 34.8 Å². The number of halogens is 4. The smallest absolute Gasteiger partial charge is 0.313 e. The van der Waals surface area contributed by atoms with E-state index in [4.69, 9.17) is 34.8 Å². The van der Waals surface area contributed by atoms with Crippen molar-refractivity contribution in [3.05, 3.63) is 62.6 Å². The first-order chi connectivity index (χ1) is 9.97. The normalized spacial score (nSPS) is 10.9. The van der Waals surface area contributed by atoms with Crippen LogP contribution in [0.2, 0.25) is 15.2 Å². The van der Waals surface area contributed by atoms with Crippen molar-refractivity contribution in [1.82, 2.24) is 4.98 Å². The average molecular weight is 348 g/mol. The minimum atomic E-state index is -0.820. The van der Waals surface area contributed by atoms with E-state index in [9.17, 15) is 9.18 Å². The van der Waals surface area contributed by atoms with Gasteiger partial charge in [-0.25, -0.2) is 14.2 Å². The fourth-order valence-corrected chi connectivity index (χ4v) is 1.87. The topological polar surface area (TPSA) is 51.5 Å². The van der Waals surface area contributed by atoms with Gasteiger partial charge in [-0.3, -0.25) is 0 Å². The molecule has 21 heavy (non-hydrogen) atoms. The molecule has 0 fully saturated rings. The third-order valence-electron chi connectivity index (χ3n) is 2.31. The molecule has 2 aromatic rings. The summed E-state index contributed by atoms with van der Waals surface area (Å²) in [6.07, 6.45) is 2.50. The maximum absolute atomic E-state index is 13.0. The second kappa shape index (κ2) is 6.85. The number of aromatic nitrogens is 1. The van der Waals surface area contributed by atoms with E-state index in [1.165, 1.54) is 36.7 Å². The third kappa shape index (κ3) is 4.14. The van der Waals surface area contributed by atoms with Crippen molar-refractivity contribution in [2.24, 2.45) is 5.16 Å². The summed E-state index contributed by atoms with van der Waals surface area (Å²) in [7, 11) is 0. The molecule has 0 aliphatic carbocycles. The summed E-state index contributed by atoms with van der Waals surface area (Å²) in [5, 5.41) is 3.60. The number of rotatable bonds is 3. The Morgan fingerprint density at radius 1 is 1.29 bits per heavy atom. The SMILES string of the molecule is O=C(O/N=C/c1ccc(F)c(Cl)c1)c1cc(Cl)cnc1Cl. The number of nitrogens with zero attached hydrogens (tertiary/aromatic N) is 2. The van der Waals surface area contributed by atoms with Crippen molar-refractivity contribution in [2.45, 2.75) is 0 Å². The van der Waals surface area contributed by atoms with Crippen LogP contribution in [0.3, 0.4) is 0 Å². The summed E-state index contributed by atoms with van der Waals surface area (Å²) in [5.74, 6) is -1.37. The van der Waals surface area contributed by atoms with Crippen LogP contribution in [0.4, 0.5) is 4.39 Å². The molecule has 2 rings (SSSR count). The number of hydrogen-bond donors (Lipinski definition) is 0. The van der Waals surface area contributed by atoms with Crippen molar-refractivity contribution in [1.29, 1.82) is 0 Å². The lowest BCUT2D eigenvalue weighted by molar-refractivity contribution is 0.0519. The number of carbonyl (C=O) groups is 1. The Hall–Kier alpha value is -1.69. The van der Waals surface area contributed by atoms with Crippen LogP contribution in [0.5, 0.6) is 0 Å². The molecule has 0 unspecified atom stereocenters. The Kier molecular flexibility index (Phi) is 5.12. The molecule has 0 radical (unpaired) electrons.